The number of aromatic carboxylic acids is 1. The molecule has 5 rings (SSSR count). The van der Waals surface area contributed by atoms with Crippen LogP contribution in [-0.4, -0.2) is 42.0 Å². The largest absolute Gasteiger partial charge is 0.477 e. The third kappa shape index (κ3) is 3.96. The number of fused-ring (bicyclic) bond motifs is 1. The summed E-state index contributed by atoms with van der Waals surface area (Å²) < 4.78 is -0.459. The van der Waals surface area contributed by atoms with Crippen molar-refractivity contribution in [3.05, 3.63) is 80.2 Å². The van der Waals surface area contributed by atoms with Crippen LogP contribution in [0.15, 0.2) is 53.3 Å². The van der Waals surface area contributed by atoms with Gasteiger partial charge in [-0.3, -0.25) is 4.98 Å². The molecule has 0 bridgehead atoms. The number of aromatic amines is 3. The van der Waals surface area contributed by atoms with Gasteiger partial charge in [0, 0.05) is 10.4 Å². The highest BCUT2D eigenvalue weighted by Gasteiger charge is 2.37. The van der Waals surface area contributed by atoms with Gasteiger partial charge in [0.2, 0.25) is 0 Å². The van der Waals surface area contributed by atoms with E-state index in [4.69, 9.17) is 4.98 Å². The molecule has 3 aromatic heterocycles. The molecule has 5 aromatic rings. The van der Waals surface area contributed by atoms with Crippen LogP contribution in [-0.2, 0) is 4.75 Å². The molecule has 0 spiro atoms. The molecule has 4 N–H and O–H groups in total. The first-order chi connectivity index (χ1) is 17.4. The van der Waals surface area contributed by atoms with Gasteiger partial charge in [0.25, 0.3) is 0 Å². The average Bonchev–Trinajstić information content (AvgIpc) is 3.59. The van der Waals surface area contributed by atoms with Gasteiger partial charge in [0.15, 0.2) is 5.82 Å². The minimum absolute atomic E-state index is 0.288. The lowest BCUT2D eigenvalue weighted by atomic mass is 9.91. The highest BCUT2D eigenvalue weighted by atomic mass is 32.2. The third-order valence-electron chi connectivity index (χ3n) is 6.33. The molecule has 0 aliphatic carbocycles. The standard InChI is InChI=1S/C26H25N5O3S2/c1-4-26(35-5-2,24-27-19-14(3)36-21(23(32)33)20(19)28-24)16-12-10-15(11-13-16)17-8-6-7-9-18(17)22-29-25(34)31-30-22/h6-13H,4-5H2,1-3H3,(H,27,28)(H,32,33)(H2,29,30,31,34). The van der Waals surface area contributed by atoms with Crippen LogP contribution in [0.5, 0.6) is 0 Å². The molecular weight excluding hydrogens is 494 g/mol. The van der Waals surface area contributed by atoms with Crippen LogP contribution < -0.4 is 5.69 Å². The molecule has 10 heteroatoms. The van der Waals surface area contributed by atoms with E-state index in [0.29, 0.717) is 11.3 Å². The van der Waals surface area contributed by atoms with Gasteiger partial charge in [-0.15, -0.1) is 23.1 Å². The summed E-state index contributed by atoms with van der Waals surface area (Å²) in [4.78, 5) is 35.6. The van der Waals surface area contributed by atoms with Crippen LogP contribution in [0.4, 0.5) is 0 Å². The summed E-state index contributed by atoms with van der Waals surface area (Å²) in [5, 5.41) is 16.2. The molecule has 0 aliphatic rings. The van der Waals surface area contributed by atoms with E-state index in [1.54, 1.807) is 11.8 Å². The quantitative estimate of drug-likeness (QED) is 0.206. The van der Waals surface area contributed by atoms with Gasteiger partial charge in [-0.1, -0.05) is 62.4 Å². The van der Waals surface area contributed by atoms with E-state index in [0.717, 1.165) is 50.6 Å². The number of nitrogens with zero attached hydrogens (tertiary/aromatic N) is 2. The molecule has 36 heavy (non-hydrogen) atoms. The second-order valence-corrected chi connectivity index (χ2v) is 11.2. The van der Waals surface area contributed by atoms with Crippen LogP contribution in [0.2, 0.25) is 0 Å². The minimum Gasteiger partial charge on any atom is -0.477 e. The smallest absolute Gasteiger partial charge is 0.348 e. The van der Waals surface area contributed by atoms with E-state index in [1.807, 2.05) is 31.2 Å². The maximum absolute atomic E-state index is 11.8. The van der Waals surface area contributed by atoms with Crippen molar-refractivity contribution in [2.24, 2.45) is 0 Å². The molecule has 0 fully saturated rings. The van der Waals surface area contributed by atoms with Crippen LogP contribution in [0.25, 0.3) is 33.5 Å². The number of hydrogen-bond donors (Lipinski definition) is 4. The third-order valence-corrected chi connectivity index (χ3v) is 8.91. The first-order valence-electron chi connectivity index (χ1n) is 11.6. The number of thiophene rings is 1. The number of nitrogens with one attached hydrogen (secondary N) is 3. The number of thioether (sulfide) groups is 1. The number of hydrogen-bond acceptors (Lipinski definition) is 6. The van der Waals surface area contributed by atoms with Crippen molar-refractivity contribution < 1.29 is 9.90 Å². The Kier molecular flexibility index (Phi) is 6.31. The highest BCUT2D eigenvalue weighted by molar-refractivity contribution is 8.00. The molecule has 184 valence electrons. The minimum atomic E-state index is -0.945. The SMILES string of the molecule is CCSC(CC)(c1ccc(-c2ccccc2-c2n[nH]c(=O)[nH]2)cc1)c1nc2c(C)sc(C(=O)O)c2[nH]1. The van der Waals surface area contributed by atoms with Crippen molar-refractivity contribution in [3.63, 3.8) is 0 Å². The second kappa shape index (κ2) is 9.44. The van der Waals surface area contributed by atoms with E-state index in [9.17, 15) is 14.7 Å². The lowest BCUT2D eigenvalue weighted by Crippen LogP contribution is -2.25. The summed E-state index contributed by atoms with van der Waals surface area (Å²) in [5.74, 6) is 1.18. The summed E-state index contributed by atoms with van der Waals surface area (Å²) in [6, 6.07) is 16.1. The first-order valence-corrected chi connectivity index (χ1v) is 13.4. The van der Waals surface area contributed by atoms with Gasteiger partial charge in [-0.25, -0.2) is 19.7 Å². The van der Waals surface area contributed by atoms with E-state index in [2.05, 4.69) is 58.3 Å². The fourth-order valence-electron chi connectivity index (χ4n) is 4.65. The van der Waals surface area contributed by atoms with Crippen molar-refractivity contribution in [1.82, 2.24) is 25.1 Å². The predicted octanol–water partition coefficient (Wildman–Crippen LogP) is 5.78. The zero-order valence-electron chi connectivity index (χ0n) is 20.0. The normalized spacial score (nSPS) is 13.2. The number of carbonyl (C=O) groups is 1. The van der Waals surface area contributed by atoms with Crippen molar-refractivity contribution in [2.45, 2.75) is 31.9 Å². The molecule has 1 unspecified atom stereocenters. The number of benzene rings is 2. The molecule has 0 saturated carbocycles. The fourth-order valence-corrected chi connectivity index (χ4v) is 6.77. The second-order valence-electron chi connectivity index (χ2n) is 8.36. The van der Waals surface area contributed by atoms with Gasteiger partial charge < -0.3 is 10.1 Å². The van der Waals surface area contributed by atoms with E-state index >= 15 is 0 Å². The highest BCUT2D eigenvalue weighted by Crippen LogP contribution is 2.46. The van der Waals surface area contributed by atoms with Gasteiger partial charge in [0.05, 0.1) is 10.3 Å². The average molecular weight is 520 g/mol. The molecule has 8 nitrogen and oxygen atoms in total. The maximum Gasteiger partial charge on any atom is 0.348 e. The van der Waals surface area contributed by atoms with E-state index in [1.165, 1.54) is 11.3 Å². The van der Waals surface area contributed by atoms with Crippen molar-refractivity contribution in [2.75, 3.05) is 5.75 Å². The van der Waals surface area contributed by atoms with Crippen LogP contribution in [0.1, 0.15) is 46.2 Å². The lowest BCUT2D eigenvalue weighted by Gasteiger charge is -2.31. The first kappa shape index (κ1) is 24.1. The van der Waals surface area contributed by atoms with Crippen LogP contribution in [0.3, 0.4) is 0 Å². The summed E-state index contributed by atoms with van der Waals surface area (Å²) >= 11 is 3.03. The number of rotatable bonds is 8. The molecule has 2 aromatic carbocycles. The summed E-state index contributed by atoms with van der Waals surface area (Å²) in [6.45, 7) is 6.15. The molecular formula is C26H25N5O3S2. The van der Waals surface area contributed by atoms with Crippen molar-refractivity contribution in [1.29, 1.82) is 0 Å². The Hall–Kier alpha value is -3.63. The zero-order chi connectivity index (χ0) is 25.4. The van der Waals surface area contributed by atoms with Crippen molar-refractivity contribution >= 4 is 40.1 Å². The molecule has 0 saturated heterocycles. The van der Waals surface area contributed by atoms with Crippen LogP contribution in [0, 0.1) is 6.92 Å². The fraction of sp³-hybridized carbons (Fsp3) is 0.231. The summed E-state index contributed by atoms with van der Waals surface area (Å²) in [6.07, 6.45) is 0.775. The number of carboxylic acid groups (broad SMARTS) is 1. The Morgan fingerprint density at radius 2 is 1.81 bits per heavy atom. The molecule has 1 atom stereocenters. The van der Waals surface area contributed by atoms with Crippen molar-refractivity contribution in [3.8, 4) is 22.5 Å². The van der Waals surface area contributed by atoms with Gasteiger partial charge in [-0.2, -0.15) is 5.10 Å². The van der Waals surface area contributed by atoms with Gasteiger partial charge in [-0.05, 0) is 35.8 Å². The number of aromatic nitrogens is 5. The topological polar surface area (TPSA) is 128 Å². The van der Waals surface area contributed by atoms with E-state index in [-0.39, 0.29) is 10.6 Å². The Labute approximate surface area is 215 Å². The molecule has 3 heterocycles. The molecule has 0 aliphatic heterocycles. The number of imidazole rings is 1. The summed E-state index contributed by atoms with van der Waals surface area (Å²) in [5.41, 5.74) is 4.83. The molecule has 0 radical (unpaired) electrons. The van der Waals surface area contributed by atoms with Crippen LogP contribution >= 0.6 is 23.1 Å². The Morgan fingerprint density at radius 3 is 2.42 bits per heavy atom. The van der Waals surface area contributed by atoms with Gasteiger partial charge in [0.1, 0.15) is 16.2 Å². The Bertz CT molecular complexity index is 1610. The zero-order valence-corrected chi connectivity index (χ0v) is 21.6. The number of aryl methyl sites for hydroxylation is 1. The number of carboxylic acids is 1. The Morgan fingerprint density at radius 1 is 1.08 bits per heavy atom. The lowest BCUT2D eigenvalue weighted by molar-refractivity contribution is 0.0704. The van der Waals surface area contributed by atoms with Gasteiger partial charge >= 0.3 is 11.7 Å². The van der Waals surface area contributed by atoms with E-state index < -0.39 is 10.7 Å². The summed E-state index contributed by atoms with van der Waals surface area (Å²) in [7, 11) is 0. The molecule has 0 amide bonds. The number of H-pyrrole nitrogens is 3. The monoisotopic (exact) mass is 519 g/mol. The predicted molar refractivity (Wildman–Crippen MR) is 145 cm³/mol. The Balaban J connectivity index is 1.60. The maximum atomic E-state index is 11.8.